The summed E-state index contributed by atoms with van der Waals surface area (Å²) in [7, 11) is 0. The van der Waals surface area contributed by atoms with Gasteiger partial charge in [0, 0.05) is 0 Å². The van der Waals surface area contributed by atoms with E-state index in [9.17, 15) is 0 Å². The molecule has 0 aliphatic carbocycles. The molecule has 6 heteroatoms. The van der Waals surface area contributed by atoms with Gasteiger partial charge < -0.3 is 30.3 Å². The molecule has 1 fully saturated rings. The smallest absolute Gasteiger partial charge is 0.245 e. The summed E-state index contributed by atoms with van der Waals surface area (Å²) in [5.74, 6) is -2.81. The molecule has 1 saturated heterocycles. The van der Waals surface area contributed by atoms with Gasteiger partial charge in [0.2, 0.25) is 12.1 Å². The largest absolute Gasteiger partial charge is 0.387 e. The molecule has 0 radical (unpaired) electrons. The van der Waals surface area contributed by atoms with Gasteiger partial charge >= 0.3 is 0 Å². The van der Waals surface area contributed by atoms with Crippen LogP contribution in [0, 0.1) is 0 Å². The Bertz CT molecular complexity index is 169. The number of hydrogen-bond acceptors (Lipinski definition) is 6. The van der Waals surface area contributed by atoms with E-state index in [4.69, 9.17) is 25.5 Å². The van der Waals surface area contributed by atoms with Gasteiger partial charge in [-0.15, -0.1) is 0 Å². The van der Waals surface area contributed by atoms with E-state index in [1.54, 1.807) is 0 Å². The molecular formula is C6H12O6. The van der Waals surface area contributed by atoms with Gasteiger partial charge in [-0.05, 0) is 6.92 Å². The van der Waals surface area contributed by atoms with Gasteiger partial charge in [0.1, 0.15) is 12.2 Å². The van der Waals surface area contributed by atoms with E-state index in [0.29, 0.717) is 0 Å². The highest BCUT2D eigenvalue weighted by atomic mass is 16.7. The van der Waals surface area contributed by atoms with Crippen molar-refractivity contribution in [3.05, 3.63) is 0 Å². The van der Waals surface area contributed by atoms with Crippen LogP contribution >= 0.6 is 0 Å². The topological polar surface area (TPSA) is 110 Å². The molecule has 0 aromatic carbocycles. The molecule has 5 N–H and O–H groups in total. The van der Waals surface area contributed by atoms with Crippen molar-refractivity contribution in [2.75, 3.05) is 0 Å². The number of ether oxygens (including phenoxy) is 1. The number of rotatable bonds is 0. The Morgan fingerprint density at radius 1 is 1.17 bits per heavy atom. The van der Waals surface area contributed by atoms with E-state index < -0.39 is 30.4 Å². The predicted octanol–water partition coefficient (Wildman–Crippen LogP) is -2.87. The Balaban J connectivity index is 2.80. The average Bonchev–Trinajstić information content (AvgIpc) is 1.99. The molecule has 1 heterocycles. The second kappa shape index (κ2) is 2.91. The van der Waals surface area contributed by atoms with E-state index in [0.717, 1.165) is 0 Å². The normalized spacial score (nSPS) is 47.5. The van der Waals surface area contributed by atoms with Crippen LogP contribution in [0.25, 0.3) is 0 Å². The second-order valence-electron chi connectivity index (χ2n) is 2.91. The summed E-state index contributed by atoms with van der Waals surface area (Å²) < 4.78 is 4.53. The highest BCUT2D eigenvalue weighted by Crippen LogP contribution is 2.25. The van der Waals surface area contributed by atoms with Gasteiger partial charge in [0.25, 0.3) is 0 Å². The minimum absolute atomic E-state index is 0.845. The number of aliphatic hydroxyl groups is 5. The molecular weight excluding hydrogens is 168 g/mol. The average molecular weight is 180 g/mol. The van der Waals surface area contributed by atoms with Crippen LogP contribution in [0.1, 0.15) is 6.92 Å². The van der Waals surface area contributed by atoms with Gasteiger partial charge in [-0.3, -0.25) is 0 Å². The maximum absolute atomic E-state index is 9.09. The third kappa shape index (κ3) is 1.33. The van der Waals surface area contributed by atoms with Crippen molar-refractivity contribution in [1.82, 2.24) is 0 Å². The van der Waals surface area contributed by atoms with Gasteiger partial charge in [-0.1, -0.05) is 0 Å². The molecule has 0 amide bonds. The monoisotopic (exact) mass is 180 g/mol. The summed E-state index contributed by atoms with van der Waals surface area (Å²) in [4.78, 5) is 0. The van der Waals surface area contributed by atoms with Gasteiger partial charge in [0.05, 0.1) is 6.10 Å². The Kier molecular flexibility index (Phi) is 2.39. The Morgan fingerprint density at radius 3 is 2.17 bits per heavy atom. The lowest BCUT2D eigenvalue weighted by Gasteiger charge is -2.41. The molecule has 0 aromatic heterocycles. The predicted molar refractivity (Wildman–Crippen MR) is 35.7 cm³/mol. The first-order valence-electron chi connectivity index (χ1n) is 3.51. The van der Waals surface area contributed by atoms with Crippen molar-refractivity contribution in [2.45, 2.75) is 37.3 Å². The van der Waals surface area contributed by atoms with Crippen LogP contribution in [0.5, 0.6) is 0 Å². The summed E-state index contributed by atoms with van der Waals surface area (Å²) in [6.45, 7) is 1.40. The van der Waals surface area contributed by atoms with E-state index in [2.05, 4.69) is 4.74 Å². The summed E-state index contributed by atoms with van der Waals surface area (Å²) in [5, 5.41) is 45.0. The van der Waals surface area contributed by atoms with Gasteiger partial charge in [-0.25, -0.2) is 0 Å². The van der Waals surface area contributed by atoms with E-state index >= 15 is 0 Å². The molecule has 4 atom stereocenters. The van der Waals surface area contributed by atoms with Crippen LogP contribution in [0.15, 0.2) is 0 Å². The summed E-state index contributed by atoms with van der Waals surface area (Å²) in [6.07, 6.45) is -6.02. The summed E-state index contributed by atoms with van der Waals surface area (Å²) in [5.41, 5.74) is 0. The highest BCUT2D eigenvalue weighted by Gasteiger charge is 2.52. The lowest BCUT2D eigenvalue weighted by Crippen LogP contribution is -2.65. The first kappa shape index (κ1) is 9.85. The van der Waals surface area contributed by atoms with Crippen LogP contribution in [0.4, 0.5) is 0 Å². The zero-order valence-electron chi connectivity index (χ0n) is 6.45. The molecule has 72 valence electrons. The zero-order chi connectivity index (χ0) is 9.52. The summed E-state index contributed by atoms with van der Waals surface area (Å²) >= 11 is 0. The molecule has 0 bridgehead atoms. The third-order valence-corrected chi connectivity index (χ3v) is 1.95. The van der Waals surface area contributed by atoms with E-state index in [-0.39, 0.29) is 0 Å². The van der Waals surface area contributed by atoms with Crippen LogP contribution in [0.3, 0.4) is 0 Å². The molecule has 6 nitrogen and oxygen atoms in total. The maximum Gasteiger partial charge on any atom is 0.245 e. The van der Waals surface area contributed by atoms with Crippen molar-refractivity contribution in [3.8, 4) is 0 Å². The molecule has 1 aliphatic heterocycles. The Morgan fingerprint density at radius 2 is 1.67 bits per heavy atom. The van der Waals surface area contributed by atoms with Crippen molar-refractivity contribution in [1.29, 1.82) is 0 Å². The molecule has 0 aromatic rings. The van der Waals surface area contributed by atoms with Crippen molar-refractivity contribution < 1.29 is 30.3 Å². The number of hydrogen-bond donors (Lipinski definition) is 5. The van der Waals surface area contributed by atoms with Gasteiger partial charge in [-0.2, -0.15) is 0 Å². The highest BCUT2D eigenvalue weighted by molar-refractivity contribution is 4.91. The maximum atomic E-state index is 9.09. The SMILES string of the molecule is C[C@H]1O[C@H](O)C(O)(O)[C@@H](O)[C@@H]1O. The van der Waals surface area contributed by atoms with Crippen LogP contribution in [-0.4, -0.2) is 55.9 Å². The molecule has 12 heavy (non-hydrogen) atoms. The van der Waals surface area contributed by atoms with Crippen molar-refractivity contribution in [2.24, 2.45) is 0 Å². The number of aliphatic hydroxyl groups excluding tert-OH is 3. The lowest BCUT2D eigenvalue weighted by molar-refractivity contribution is -0.391. The van der Waals surface area contributed by atoms with Crippen LogP contribution in [-0.2, 0) is 4.74 Å². The first-order chi connectivity index (χ1) is 5.37. The van der Waals surface area contributed by atoms with Crippen molar-refractivity contribution >= 4 is 0 Å². The third-order valence-electron chi connectivity index (χ3n) is 1.95. The van der Waals surface area contributed by atoms with Crippen LogP contribution < -0.4 is 0 Å². The molecule has 0 saturated carbocycles. The minimum Gasteiger partial charge on any atom is -0.387 e. The fourth-order valence-electron chi connectivity index (χ4n) is 1.04. The quantitative estimate of drug-likeness (QED) is 0.256. The van der Waals surface area contributed by atoms with E-state index in [1.807, 2.05) is 0 Å². The lowest BCUT2D eigenvalue weighted by atomic mass is 9.97. The fraction of sp³-hybridized carbons (Fsp3) is 1.00. The molecule has 1 aliphatic rings. The minimum atomic E-state index is -2.81. The molecule has 0 spiro atoms. The van der Waals surface area contributed by atoms with Crippen molar-refractivity contribution in [3.63, 3.8) is 0 Å². The first-order valence-corrected chi connectivity index (χ1v) is 3.51. The second-order valence-corrected chi connectivity index (χ2v) is 2.91. The summed E-state index contributed by atoms with van der Waals surface area (Å²) in [6, 6.07) is 0. The van der Waals surface area contributed by atoms with Crippen LogP contribution in [0.2, 0.25) is 0 Å². The molecule has 1 rings (SSSR count). The molecule has 0 unspecified atom stereocenters. The standard InChI is InChI=1S/C6H12O6/c1-2-3(7)4(8)6(10,11)5(9)12-2/h2-5,7-11H,1H3/t2-,3-,4+,5+/m1/s1. The Labute approximate surface area is 68.6 Å². The fourth-order valence-corrected chi connectivity index (χ4v) is 1.04. The van der Waals surface area contributed by atoms with E-state index in [1.165, 1.54) is 6.92 Å². The Hall–Kier alpha value is -0.240. The van der Waals surface area contributed by atoms with Gasteiger partial charge in [0.15, 0.2) is 0 Å². The zero-order valence-corrected chi connectivity index (χ0v) is 6.45.